The van der Waals surface area contributed by atoms with Crippen molar-refractivity contribution >= 4 is 17.3 Å². The van der Waals surface area contributed by atoms with Crippen LogP contribution in [0.4, 0.5) is 20.2 Å². The number of nitrogens with one attached hydrogen (secondary N) is 1. The number of aromatic nitrogens is 1. The maximum absolute atomic E-state index is 13.7. The Kier molecular flexibility index (Phi) is 3.41. The lowest BCUT2D eigenvalue weighted by Crippen LogP contribution is -2.17. The van der Waals surface area contributed by atoms with Crippen molar-refractivity contribution in [2.75, 3.05) is 11.1 Å². The summed E-state index contributed by atoms with van der Waals surface area (Å²) in [5.74, 6) is -2.95. The third-order valence-corrected chi connectivity index (χ3v) is 2.48. The number of nitrogens with two attached hydrogens (primary N) is 1. The van der Waals surface area contributed by atoms with Crippen LogP contribution in [0.1, 0.15) is 15.9 Å². The molecule has 0 atom stereocenters. The fraction of sp³-hybridized carbons (Fsp3) is 0.0769. The lowest BCUT2D eigenvalue weighted by molar-refractivity contribution is 0.101. The van der Waals surface area contributed by atoms with Crippen molar-refractivity contribution in [2.24, 2.45) is 0 Å². The molecule has 0 fully saturated rings. The van der Waals surface area contributed by atoms with Crippen LogP contribution in [0.3, 0.4) is 0 Å². The fourth-order valence-corrected chi connectivity index (χ4v) is 1.59. The molecule has 0 unspecified atom stereocenters. The molecule has 6 heteroatoms. The summed E-state index contributed by atoms with van der Waals surface area (Å²) in [5, 5.41) is 2.37. The number of aryl methyl sites for hydroxylation is 1. The standard InChI is InChI=1S/C13H11F2N3O/c1-7-4-8(6-17-5-7)18-13(19)11-9(14)2-3-10(16)12(11)15/h2-6H,16H2,1H3,(H,18,19). The summed E-state index contributed by atoms with van der Waals surface area (Å²) in [6.07, 6.45) is 2.98. The quantitative estimate of drug-likeness (QED) is 0.818. The monoisotopic (exact) mass is 263 g/mol. The number of hydrogen-bond acceptors (Lipinski definition) is 3. The SMILES string of the molecule is Cc1cncc(NC(=O)c2c(F)ccc(N)c2F)c1. The van der Waals surface area contributed by atoms with Crippen molar-refractivity contribution < 1.29 is 13.6 Å². The van der Waals surface area contributed by atoms with E-state index in [4.69, 9.17) is 5.73 Å². The van der Waals surface area contributed by atoms with E-state index < -0.39 is 23.1 Å². The number of anilines is 2. The Morgan fingerprint density at radius 3 is 2.74 bits per heavy atom. The number of rotatable bonds is 2. The van der Waals surface area contributed by atoms with Crippen LogP contribution in [0.2, 0.25) is 0 Å². The van der Waals surface area contributed by atoms with Crippen molar-refractivity contribution in [3.05, 3.63) is 53.4 Å². The van der Waals surface area contributed by atoms with E-state index in [2.05, 4.69) is 10.3 Å². The van der Waals surface area contributed by atoms with Gasteiger partial charge in [0.05, 0.1) is 17.6 Å². The van der Waals surface area contributed by atoms with Gasteiger partial charge in [0.1, 0.15) is 11.4 Å². The first kappa shape index (κ1) is 12.9. The van der Waals surface area contributed by atoms with Crippen LogP contribution in [0.5, 0.6) is 0 Å². The average Bonchev–Trinajstić information content (AvgIpc) is 2.34. The minimum absolute atomic E-state index is 0.283. The van der Waals surface area contributed by atoms with E-state index in [0.29, 0.717) is 5.69 Å². The minimum atomic E-state index is -1.07. The summed E-state index contributed by atoms with van der Waals surface area (Å²) in [5.41, 5.74) is 5.48. The first-order chi connectivity index (χ1) is 8.99. The smallest absolute Gasteiger partial charge is 0.261 e. The van der Waals surface area contributed by atoms with Crippen LogP contribution in [-0.2, 0) is 0 Å². The largest absolute Gasteiger partial charge is 0.396 e. The van der Waals surface area contributed by atoms with Gasteiger partial charge in [0.15, 0.2) is 5.82 Å². The van der Waals surface area contributed by atoms with Crippen LogP contribution < -0.4 is 11.1 Å². The minimum Gasteiger partial charge on any atom is -0.396 e. The second-order valence-corrected chi connectivity index (χ2v) is 4.03. The highest BCUT2D eigenvalue weighted by atomic mass is 19.1. The van der Waals surface area contributed by atoms with Crippen molar-refractivity contribution in [3.63, 3.8) is 0 Å². The van der Waals surface area contributed by atoms with Gasteiger partial charge in [0.2, 0.25) is 0 Å². The third-order valence-electron chi connectivity index (χ3n) is 2.48. The third kappa shape index (κ3) is 2.67. The predicted molar refractivity (Wildman–Crippen MR) is 67.7 cm³/mol. The zero-order chi connectivity index (χ0) is 14.0. The van der Waals surface area contributed by atoms with Crippen molar-refractivity contribution in [1.29, 1.82) is 0 Å². The summed E-state index contributed by atoms with van der Waals surface area (Å²) in [7, 11) is 0. The molecule has 0 saturated carbocycles. The normalized spacial score (nSPS) is 10.3. The summed E-state index contributed by atoms with van der Waals surface area (Å²) in [6.45, 7) is 1.78. The van der Waals surface area contributed by atoms with Crippen molar-refractivity contribution in [2.45, 2.75) is 6.92 Å². The summed E-state index contributed by atoms with van der Waals surface area (Å²) in [6, 6.07) is 3.64. The van der Waals surface area contributed by atoms with Gasteiger partial charge >= 0.3 is 0 Å². The van der Waals surface area contributed by atoms with Gasteiger partial charge in [-0.05, 0) is 30.7 Å². The number of pyridine rings is 1. The molecule has 0 aliphatic carbocycles. The maximum Gasteiger partial charge on any atom is 0.261 e. The van der Waals surface area contributed by atoms with E-state index in [1.807, 2.05) is 0 Å². The van der Waals surface area contributed by atoms with E-state index >= 15 is 0 Å². The number of amides is 1. The second kappa shape index (κ2) is 5.01. The van der Waals surface area contributed by atoms with Gasteiger partial charge in [-0.1, -0.05) is 0 Å². The molecule has 19 heavy (non-hydrogen) atoms. The number of nitrogens with zero attached hydrogens (tertiary/aromatic N) is 1. The van der Waals surface area contributed by atoms with Gasteiger partial charge in [-0.3, -0.25) is 9.78 Å². The topological polar surface area (TPSA) is 68.0 Å². The molecule has 1 aromatic carbocycles. The maximum atomic E-state index is 13.7. The van der Waals surface area contributed by atoms with Gasteiger partial charge in [-0.2, -0.15) is 0 Å². The molecule has 0 spiro atoms. The van der Waals surface area contributed by atoms with Crippen LogP contribution in [0, 0.1) is 18.6 Å². The lowest BCUT2D eigenvalue weighted by Gasteiger charge is -2.08. The molecule has 2 aromatic rings. The molecule has 0 radical (unpaired) electrons. The van der Waals surface area contributed by atoms with Gasteiger partial charge in [-0.15, -0.1) is 0 Å². The highest BCUT2D eigenvalue weighted by molar-refractivity contribution is 6.05. The molecule has 1 amide bonds. The number of carbonyl (C=O) groups is 1. The van der Waals surface area contributed by atoms with E-state index in [-0.39, 0.29) is 5.69 Å². The highest BCUT2D eigenvalue weighted by Gasteiger charge is 2.19. The number of hydrogen-bond donors (Lipinski definition) is 2. The first-order valence-electron chi connectivity index (χ1n) is 5.45. The molecular weight excluding hydrogens is 252 g/mol. The number of halogens is 2. The van der Waals surface area contributed by atoms with Crippen LogP contribution in [0.15, 0.2) is 30.6 Å². The Bertz CT molecular complexity index is 644. The first-order valence-corrected chi connectivity index (χ1v) is 5.45. The van der Waals surface area contributed by atoms with Crippen LogP contribution in [0.25, 0.3) is 0 Å². The molecular formula is C13H11F2N3O. The Balaban J connectivity index is 2.33. The van der Waals surface area contributed by atoms with E-state index in [1.165, 1.54) is 6.20 Å². The number of carbonyl (C=O) groups excluding carboxylic acids is 1. The van der Waals surface area contributed by atoms with E-state index in [0.717, 1.165) is 17.7 Å². The Morgan fingerprint density at radius 1 is 1.32 bits per heavy atom. The molecule has 0 saturated heterocycles. The summed E-state index contributed by atoms with van der Waals surface area (Å²) < 4.78 is 27.1. The molecule has 0 aliphatic rings. The van der Waals surface area contributed by atoms with Crippen LogP contribution in [-0.4, -0.2) is 10.9 Å². The molecule has 3 N–H and O–H groups in total. The second-order valence-electron chi connectivity index (χ2n) is 4.03. The Labute approximate surface area is 108 Å². The van der Waals surface area contributed by atoms with Gasteiger partial charge in [0, 0.05) is 6.20 Å². The van der Waals surface area contributed by atoms with E-state index in [1.54, 1.807) is 19.2 Å². The molecule has 0 bridgehead atoms. The molecule has 4 nitrogen and oxygen atoms in total. The lowest BCUT2D eigenvalue weighted by atomic mass is 10.1. The van der Waals surface area contributed by atoms with Crippen molar-refractivity contribution in [1.82, 2.24) is 4.98 Å². The molecule has 1 aromatic heterocycles. The zero-order valence-corrected chi connectivity index (χ0v) is 10.1. The molecule has 98 valence electrons. The fourth-order valence-electron chi connectivity index (χ4n) is 1.59. The number of benzene rings is 1. The Hall–Kier alpha value is -2.50. The van der Waals surface area contributed by atoms with Gasteiger partial charge < -0.3 is 11.1 Å². The molecule has 0 aliphatic heterocycles. The summed E-state index contributed by atoms with van der Waals surface area (Å²) >= 11 is 0. The van der Waals surface area contributed by atoms with Gasteiger partial charge in [0.25, 0.3) is 5.91 Å². The average molecular weight is 263 g/mol. The molecule has 1 heterocycles. The highest BCUT2D eigenvalue weighted by Crippen LogP contribution is 2.20. The number of nitrogen functional groups attached to an aromatic ring is 1. The van der Waals surface area contributed by atoms with Gasteiger partial charge in [-0.25, -0.2) is 8.78 Å². The predicted octanol–water partition coefficient (Wildman–Crippen LogP) is 2.50. The summed E-state index contributed by atoms with van der Waals surface area (Å²) in [4.78, 5) is 15.7. The molecule has 2 rings (SSSR count). The van der Waals surface area contributed by atoms with E-state index in [9.17, 15) is 13.6 Å². The van der Waals surface area contributed by atoms with Crippen molar-refractivity contribution in [3.8, 4) is 0 Å². The zero-order valence-electron chi connectivity index (χ0n) is 10.1. The Morgan fingerprint density at radius 2 is 2.05 bits per heavy atom. The van der Waals surface area contributed by atoms with Crippen LogP contribution >= 0.6 is 0 Å².